The summed E-state index contributed by atoms with van der Waals surface area (Å²) in [6.45, 7) is 6.28. The van der Waals surface area contributed by atoms with Crippen LogP contribution in [0.3, 0.4) is 0 Å². The van der Waals surface area contributed by atoms with Gasteiger partial charge in [-0.15, -0.1) is 0 Å². The van der Waals surface area contributed by atoms with Crippen LogP contribution in [0.2, 0.25) is 0 Å². The molecule has 0 spiro atoms. The monoisotopic (exact) mass is 300 g/mol. The molecule has 0 unspecified atom stereocenters. The minimum absolute atomic E-state index is 0.405. The number of rotatable bonds is 6. The number of aromatic nitrogens is 1. The summed E-state index contributed by atoms with van der Waals surface area (Å²) in [7, 11) is 4.16. The molecule has 0 radical (unpaired) electrons. The molecular formula is C18H28N4. The molecule has 0 amide bonds. The van der Waals surface area contributed by atoms with E-state index in [-0.39, 0.29) is 0 Å². The lowest BCUT2D eigenvalue weighted by Gasteiger charge is -2.24. The van der Waals surface area contributed by atoms with E-state index in [9.17, 15) is 5.26 Å². The maximum absolute atomic E-state index is 9.61. The van der Waals surface area contributed by atoms with Crippen LogP contribution in [0.15, 0.2) is 0 Å². The van der Waals surface area contributed by atoms with Gasteiger partial charge in [-0.1, -0.05) is 13.8 Å². The summed E-state index contributed by atoms with van der Waals surface area (Å²) in [6, 6.07) is 2.40. The van der Waals surface area contributed by atoms with Crippen molar-refractivity contribution in [1.29, 1.82) is 5.26 Å². The molecule has 1 aliphatic carbocycles. The first-order valence-electron chi connectivity index (χ1n) is 8.39. The Morgan fingerprint density at radius 1 is 1.23 bits per heavy atom. The minimum Gasteiger partial charge on any atom is -0.369 e. The van der Waals surface area contributed by atoms with Crippen LogP contribution in [0, 0.1) is 11.3 Å². The van der Waals surface area contributed by atoms with Crippen molar-refractivity contribution >= 4 is 5.82 Å². The third-order valence-corrected chi connectivity index (χ3v) is 4.28. The number of hydrogen-bond donors (Lipinski definition) is 1. The van der Waals surface area contributed by atoms with Crippen LogP contribution in [0.5, 0.6) is 0 Å². The van der Waals surface area contributed by atoms with Gasteiger partial charge < -0.3 is 10.2 Å². The van der Waals surface area contributed by atoms with Crippen molar-refractivity contribution in [1.82, 2.24) is 9.88 Å². The topological polar surface area (TPSA) is 52.0 Å². The average molecular weight is 300 g/mol. The predicted molar refractivity (Wildman–Crippen MR) is 91.3 cm³/mol. The highest BCUT2D eigenvalue weighted by Crippen LogP contribution is 2.33. The Labute approximate surface area is 134 Å². The Morgan fingerprint density at radius 2 is 1.91 bits per heavy atom. The summed E-state index contributed by atoms with van der Waals surface area (Å²) < 4.78 is 0. The smallest absolute Gasteiger partial charge is 0.144 e. The zero-order valence-electron chi connectivity index (χ0n) is 14.4. The van der Waals surface area contributed by atoms with Crippen LogP contribution in [0.25, 0.3) is 0 Å². The molecule has 0 atom stereocenters. The van der Waals surface area contributed by atoms with E-state index >= 15 is 0 Å². The molecule has 1 aromatic rings. The molecule has 4 nitrogen and oxygen atoms in total. The fraction of sp³-hybridized carbons (Fsp3) is 0.667. The van der Waals surface area contributed by atoms with E-state index < -0.39 is 0 Å². The Balaban J connectivity index is 2.28. The van der Waals surface area contributed by atoms with Crippen LogP contribution in [0.4, 0.5) is 5.82 Å². The largest absolute Gasteiger partial charge is 0.369 e. The molecule has 0 aromatic carbocycles. The Kier molecular flexibility index (Phi) is 5.79. The van der Waals surface area contributed by atoms with Gasteiger partial charge in [-0.25, -0.2) is 4.98 Å². The van der Waals surface area contributed by atoms with Crippen molar-refractivity contribution in [3.05, 3.63) is 22.4 Å². The lowest BCUT2D eigenvalue weighted by atomic mass is 9.85. The van der Waals surface area contributed by atoms with Crippen LogP contribution in [0.1, 0.15) is 61.4 Å². The molecule has 0 aliphatic heterocycles. The van der Waals surface area contributed by atoms with E-state index in [0.717, 1.165) is 43.7 Å². The predicted octanol–water partition coefficient (Wildman–Crippen LogP) is 3.32. The van der Waals surface area contributed by atoms with Crippen molar-refractivity contribution in [2.75, 3.05) is 32.5 Å². The number of pyridine rings is 1. The van der Waals surface area contributed by atoms with Gasteiger partial charge in [0.05, 0.1) is 5.56 Å². The minimum atomic E-state index is 0.405. The summed E-state index contributed by atoms with van der Waals surface area (Å²) in [5, 5.41) is 13.0. The lowest BCUT2D eigenvalue weighted by molar-refractivity contribution is 0.405. The van der Waals surface area contributed by atoms with Gasteiger partial charge >= 0.3 is 0 Å². The summed E-state index contributed by atoms with van der Waals surface area (Å²) in [5.41, 5.74) is 4.56. The summed E-state index contributed by atoms with van der Waals surface area (Å²) in [4.78, 5) is 7.00. The number of nitriles is 1. The second-order valence-electron chi connectivity index (χ2n) is 6.73. The van der Waals surface area contributed by atoms with Crippen molar-refractivity contribution in [2.24, 2.45) is 0 Å². The van der Waals surface area contributed by atoms with Gasteiger partial charge in [0.25, 0.3) is 0 Å². The van der Waals surface area contributed by atoms with Crippen LogP contribution in [-0.4, -0.2) is 37.1 Å². The Hall–Kier alpha value is -1.60. The molecule has 22 heavy (non-hydrogen) atoms. The lowest BCUT2D eigenvalue weighted by Crippen LogP contribution is -2.19. The van der Waals surface area contributed by atoms with Gasteiger partial charge in [0.15, 0.2) is 0 Å². The van der Waals surface area contributed by atoms with E-state index in [1.165, 1.54) is 29.7 Å². The fourth-order valence-corrected chi connectivity index (χ4v) is 3.18. The van der Waals surface area contributed by atoms with Gasteiger partial charge in [0.2, 0.25) is 0 Å². The normalized spacial score (nSPS) is 14.0. The molecule has 0 fully saturated rings. The summed E-state index contributed by atoms with van der Waals surface area (Å²) in [5.74, 6) is 1.20. The SMILES string of the molecule is CC(C)c1nc(NCCCN(C)C)c(C#N)c2c1CCCC2. The molecular weight excluding hydrogens is 272 g/mol. The van der Waals surface area contributed by atoms with E-state index in [1.807, 2.05) is 0 Å². The summed E-state index contributed by atoms with van der Waals surface area (Å²) >= 11 is 0. The van der Waals surface area contributed by atoms with Crippen molar-refractivity contribution < 1.29 is 0 Å². The molecule has 1 aromatic heterocycles. The highest BCUT2D eigenvalue weighted by atomic mass is 15.1. The third-order valence-electron chi connectivity index (χ3n) is 4.28. The zero-order chi connectivity index (χ0) is 16.1. The number of nitrogens with zero attached hydrogens (tertiary/aromatic N) is 3. The molecule has 1 aliphatic rings. The molecule has 120 valence electrons. The molecule has 2 rings (SSSR count). The first-order chi connectivity index (χ1) is 10.5. The van der Waals surface area contributed by atoms with Crippen molar-refractivity contribution in [3.8, 4) is 6.07 Å². The maximum atomic E-state index is 9.61. The number of fused-ring (bicyclic) bond motifs is 1. The van der Waals surface area contributed by atoms with Crippen LogP contribution >= 0.6 is 0 Å². The van der Waals surface area contributed by atoms with Crippen LogP contribution < -0.4 is 5.32 Å². The molecule has 1 heterocycles. The molecule has 0 bridgehead atoms. The average Bonchev–Trinajstić information content (AvgIpc) is 2.50. The second-order valence-corrected chi connectivity index (χ2v) is 6.73. The number of anilines is 1. The highest BCUT2D eigenvalue weighted by Gasteiger charge is 2.23. The second kappa shape index (κ2) is 7.60. The molecule has 0 saturated heterocycles. The van der Waals surface area contributed by atoms with Crippen LogP contribution in [-0.2, 0) is 12.8 Å². The van der Waals surface area contributed by atoms with E-state index in [4.69, 9.17) is 4.98 Å². The van der Waals surface area contributed by atoms with Gasteiger partial charge in [0, 0.05) is 12.2 Å². The Bertz CT molecular complexity index is 555. The number of hydrogen-bond acceptors (Lipinski definition) is 4. The van der Waals surface area contributed by atoms with E-state index in [2.05, 4.69) is 44.2 Å². The first kappa shape index (κ1) is 16.8. The van der Waals surface area contributed by atoms with Gasteiger partial charge in [-0.2, -0.15) is 5.26 Å². The standard InChI is InChI=1S/C18H28N4/c1-13(2)17-15-9-6-5-8-14(15)16(12-19)18(21-17)20-10-7-11-22(3)4/h13H,5-11H2,1-4H3,(H,20,21). The van der Waals surface area contributed by atoms with E-state index in [1.54, 1.807) is 0 Å². The van der Waals surface area contributed by atoms with Gasteiger partial charge in [-0.05, 0) is 69.8 Å². The van der Waals surface area contributed by atoms with Gasteiger partial charge in [0.1, 0.15) is 11.9 Å². The molecule has 4 heteroatoms. The quantitative estimate of drug-likeness (QED) is 0.819. The highest BCUT2D eigenvalue weighted by molar-refractivity contribution is 5.60. The summed E-state index contributed by atoms with van der Waals surface area (Å²) in [6.07, 6.45) is 5.55. The number of nitrogens with one attached hydrogen (secondary N) is 1. The Morgan fingerprint density at radius 3 is 2.50 bits per heavy atom. The van der Waals surface area contributed by atoms with Crippen molar-refractivity contribution in [2.45, 2.75) is 51.9 Å². The van der Waals surface area contributed by atoms with E-state index in [0.29, 0.717) is 5.92 Å². The van der Waals surface area contributed by atoms with Crippen molar-refractivity contribution in [3.63, 3.8) is 0 Å². The third kappa shape index (κ3) is 3.78. The molecule has 1 N–H and O–H groups in total. The first-order valence-corrected chi connectivity index (χ1v) is 8.39. The maximum Gasteiger partial charge on any atom is 0.144 e. The van der Waals surface area contributed by atoms with Gasteiger partial charge in [-0.3, -0.25) is 0 Å². The molecule has 0 saturated carbocycles. The fourth-order valence-electron chi connectivity index (χ4n) is 3.18. The zero-order valence-corrected chi connectivity index (χ0v) is 14.4.